The third-order valence-corrected chi connectivity index (χ3v) is 11.4. The molecule has 0 amide bonds. The highest BCUT2D eigenvalue weighted by atomic mass is 31.2. The zero-order chi connectivity index (χ0) is 43.5. The normalized spacial score (nSPS) is 13.8. The lowest BCUT2D eigenvalue weighted by molar-refractivity contribution is -0.161. The summed E-state index contributed by atoms with van der Waals surface area (Å²) in [5.74, 6) is -2.42. The number of allylic oxidation sites excluding steroid dienone is 4. The van der Waals surface area contributed by atoms with Crippen LogP contribution in [0.3, 0.4) is 0 Å². The average molecular weight is 858 g/mol. The highest BCUT2D eigenvalue weighted by molar-refractivity contribution is 7.47. The molecule has 0 aliphatic rings. The number of aliphatic carboxylic acids is 1. The Morgan fingerprint density at radius 3 is 1.34 bits per heavy atom. The first kappa shape index (κ1) is 57.0. The van der Waals surface area contributed by atoms with Crippen LogP contribution in [0.25, 0.3) is 0 Å². The molecule has 346 valence electrons. The van der Waals surface area contributed by atoms with E-state index in [1.165, 1.54) is 141 Å². The summed E-state index contributed by atoms with van der Waals surface area (Å²) in [6.45, 7) is 2.79. The molecule has 0 bridgehead atoms. The van der Waals surface area contributed by atoms with E-state index < -0.39 is 51.1 Å². The minimum absolute atomic E-state index is 0.105. The molecule has 0 aromatic carbocycles. The van der Waals surface area contributed by atoms with Gasteiger partial charge in [-0.15, -0.1) is 0 Å². The molecular weight excluding hydrogens is 769 g/mol. The summed E-state index contributed by atoms with van der Waals surface area (Å²) in [5.41, 5.74) is 5.33. The topological polar surface area (TPSA) is 172 Å². The van der Waals surface area contributed by atoms with Gasteiger partial charge in [0.15, 0.2) is 6.10 Å². The molecule has 0 saturated carbocycles. The van der Waals surface area contributed by atoms with Gasteiger partial charge >= 0.3 is 25.7 Å². The summed E-state index contributed by atoms with van der Waals surface area (Å²) in [6.07, 6.45) is 45.5. The predicted octanol–water partition coefficient (Wildman–Crippen LogP) is 13.0. The maximum atomic E-state index is 12.6. The summed E-state index contributed by atoms with van der Waals surface area (Å²) in [4.78, 5) is 46.0. The second kappa shape index (κ2) is 42.6. The Morgan fingerprint density at radius 1 is 0.508 bits per heavy atom. The summed E-state index contributed by atoms with van der Waals surface area (Å²) in [6, 6.07) is -1.52. The molecule has 0 heterocycles. The summed E-state index contributed by atoms with van der Waals surface area (Å²) in [7, 11) is -4.72. The van der Waals surface area contributed by atoms with Gasteiger partial charge in [0.05, 0.1) is 13.2 Å². The van der Waals surface area contributed by atoms with Crippen LogP contribution in [0.4, 0.5) is 0 Å². The number of nitrogens with two attached hydrogens (primary N) is 1. The van der Waals surface area contributed by atoms with E-state index in [2.05, 4.69) is 36.6 Å². The number of hydrogen-bond donors (Lipinski definition) is 3. The molecule has 0 spiro atoms. The molecule has 59 heavy (non-hydrogen) atoms. The van der Waals surface area contributed by atoms with Gasteiger partial charge in [0.25, 0.3) is 0 Å². The Kier molecular flexibility index (Phi) is 41.2. The molecule has 0 aliphatic carbocycles. The third-order valence-electron chi connectivity index (χ3n) is 10.4. The van der Waals surface area contributed by atoms with Crippen molar-refractivity contribution in [3.05, 3.63) is 24.3 Å². The van der Waals surface area contributed by atoms with E-state index in [9.17, 15) is 23.8 Å². The number of phosphoric ester groups is 1. The molecule has 3 atom stereocenters. The second-order valence-corrected chi connectivity index (χ2v) is 17.7. The molecule has 0 aromatic heterocycles. The molecule has 0 aromatic rings. The van der Waals surface area contributed by atoms with Crippen LogP contribution in [0.1, 0.15) is 226 Å². The van der Waals surface area contributed by atoms with Crippen LogP contribution in [0.15, 0.2) is 24.3 Å². The Hall–Kier alpha value is -2.04. The van der Waals surface area contributed by atoms with E-state index in [0.717, 1.165) is 38.5 Å². The van der Waals surface area contributed by atoms with Gasteiger partial charge in [-0.2, -0.15) is 0 Å². The largest absolute Gasteiger partial charge is 0.480 e. The van der Waals surface area contributed by atoms with E-state index in [0.29, 0.717) is 19.3 Å². The zero-order valence-corrected chi connectivity index (χ0v) is 38.5. The van der Waals surface area contributed by atoms with Gasteiger partial charge in [0.2, 0.25) is 0 Å². The molecule has 12 heteroatoms. The number of phosphoric acid groups is 1. The Morgan fingerprint density at radius 2 is 0.881 bits per heavy atom. The summed E-state index contributed by atoms with van der Waals surface area (Å²) in [5, 5.41) is 8.89. The molecule has 4 N–H and O–H groups in total. The van der Waals surface area contributed by atoms with Gasteiger partial charge in [0.1, 0.15) is 12.6 Å². The van der Waals surface area contributed by atoms with Gasteiger partial charge in [-0.3, -0.25) is 23.4 Å². The SMILES string of the molecule is CCCCCCCCCCCCCCCC/C=C/CC/C=C/CCCC(=O)O[C@@H](COC(=O)CCCCCCCCCCCCCC)COP(=O)(O)OC[C@H](N)C(=O)O. The minimum atomic E-state index is -4.72. The molecule has 11 nitrogen and oxygen atoms in total. The fourth-order valence-electron chi connectivity index (χ4n) is 6.67. The standard InChI is InChI=1S/C47H88NO10P/c1-3-5-7-9-11-13-15-17-18-19-20-21-22-23-24-25-26-27-29-31-33-35-37-39-46(50)58-43(41-56-59(53,54)57-42-44(48)47(51)52)40-55-45(49)38-36-34-32-30-28-16-14-12-10-8-6-4-2/h25-26,31,33,43-44H,3-24,27-30,32,34-42,48H2,1-2H3,(H,51,52)(H,53,54)/b26-25+,33-31+/t43-,44-/m0/s1. The number of rotatable bonds is 45. The molecular formula is C47H88NO10P. The van der Waals surface area contributed by atoms with E-state index in [4.69, 9.17) is 24.8 Å². The van der Waals surface area contributed by atoms with Gasteiger partial charge in [0, 0.05) is 12.8 Å². The first-order valence-electron chi connectivity index (χ1n) is 23.9. The summed E-state index contributed by atoms with van der Waals surface area (Å²) >= 11 is 0. The first-order valence-corrected chi connectivity index (χ1v) is 25.4. The van der Waals surface area contributed by atoms with Crippen molar-refractivity contribution in [1.82, 2.24) is 0 Å². The lowest BCUT2D eigenvalue weighted by Crippen LogP contribution is -2.34. The monoisotopic (exact) mass is 858 g/mol. The fraction of sp³-hybridized carbons (Fsp3) is 0.851. The molecule has 0 fully saturated rings. The van der Waals surface area contributed by atoms with Crippen molar-refractivity contribution in [2.24, 2.45) is 5.73 Å². The van der Waals surface area contributed by atoms with Crippen LogP contribution in [-0.4, -0.2) is 59.9 Å². The maximum Gasteiger partial charge on any atom is 0.472 e. The van der Waals surface area contributed by atoms with E-state index in [1.54, 1.807) is 0 Å². The van der Waals surface area contributed by atoms with Crippen LogP contribution in [0, 0.1) is 0 Å². The molecule has 0 aliphatic heterocycles. The van der Waals surface area contributed by atoms with Crippen molar-refractivity contribution >= 4 is 25.7 Å². The van der Waals surface area contributed by atoms with Crippen LogP contribution >= 0.6 is 7.82 Å². The van der Waals surface area contributed by atoms with Crippen molar-refractivity contribution < 1.29 is 47.5 Å². The first-order chi connectivity index (χ1) is 28.6. The lowest BCUT2D eigenvalue weighted by Gasteiger charge is -2.20. The van der Waals surface area contributed by atoms with Crippen molar-refractivity contribution in [3.63, 3.8) is 0 Å². The smallest absolute Gasteiger partial charge is 0.472 e. The zero-order valence-electron chi connectivity index (χ0n) is 37.6. The van der Waals surface area contributed by atoms with Crippen molar-refractivity contribution in [2.75, 3.05) is 19.8 Å². The number of ether oxygens (including phenoxy) is 2. The van der Waals surface area contributed by atoms with E-state index in [-0.39, 0.29) is 19.4 Å². The Labute approximate surface area is 360 Å². The number of carbonyl (C=O) groups is 3. The number of carboxylic acid groups (broad SMARTS) is 1. The minimum Gasteiger partial charge on any atom is -0.480 e. The number of hydrogen-bond acceptors (Lipinski definition) is 9. The maximum absolute atomic E-state index is 12.6. The van der Waals surface area contributed by atoms with Gasteiger partial charge in [-0.1, -0.05) is 192 Å². The van der Waals surface area contributed by atoms with E-state index in [1.807, 2.05) is 6.08 Å². The highest BCUT2D eigenvalue weighted by Crippen LogP contribution is 2.43. The van der Waals surface area contributed by atoms with Crippen molar-refractivity contribution in [2.45, 2.75) is 238 Å². The average Bonchev–Trinajstić information content (AvgIpc) is 3.21. The quantitative estimate of drug-likeness (QED) is 0.0230. The molecule has 0 saturated heterocycles. The van der Waals surface area contributed by atoms with Gasteiger partial charge in [-0.05, 0) is 44.9 Å². The van der Waals surface area contributed by atoms with Crippen LogP contribution in [-0.2, 0) is 37.5 Å². The number of unbranched alkanes of at least 4 members (excludes halogenated alkanes) is 27. The van der Waals surface area contributed by atoms with Crippen LogP contribution in [0.5, 0.6) is 0 Å². The number of carbonyl (C=O) groups excluding carboxylic acids is 2. The third kappa shape index (κ3) is 42.4. The van der Waals surface area contributed by atoms with Crippen LogP contribution < -0.4 is 5.73 Å². The summed E-state index contributed by atoms with van der Waals surface area (Å²) < 4.78 is 32.7. The van der Waals surface area contributed by atoms with Crippen LogP contribution in [0.2, 0.25) is 0 Å². The fourth-order valence-corrected chi connectivity index (χ4v) is 7.45. The van der Waals surface area contributed by atoms with E-state index >= 15 is 0 Å². The van der Waals surface area contributed by atoms with Crippen molar-refractivity contribution in [3.8, 4) is 0 Å². The van der Waals surface area contributed by atoms with Gasteiger partial charge < -0.3 is 25.2 Å². The Bertz CT molecular complexity index is 1100. The number of carboxylic acids is 1. The lowest BCUT2D eigenvalue weighted by atomic mass is 10.0. The highest BCUT2D eigenvalue weighted by Gasteiger charge is 2.28. The number of esters is 2. The van der Waals surface area contributed by atoms with Crippen molar-refractivity contribution in [1.29, 1.82) is 0 Å². The molecule has 1 unspecified atom stereocenters. The molecule has 0 radical (unpaired) electrons. The predicted molar refractivity (Wildman–Crippen MR) is 240 cm³/mol. The Balaban J connectivity index is 4.28. The second-order valence-electron chi connectivity index (χ2n) is 16.2. The van der Waals surface area contributed by atoms with Gasteiger partial charge in [-0.25, -0.2) is 4.57 Å². The molecule has 0 rings (SSSR count).